The van der Waals surface area contributed by atoms with E-state index in [1.807, 2.05) is 54.6 Å². The monoisotopic (exact) mass is 468 g/mol. The first kappa shape index (κ1) is 22.7. The Morgan fingerprint density at radius 3 is 2.63 bits per heavy atom. The Kier molecular flexibility index (Phi) is 6.27. The predicted molar refractivity (Wildman–Crippen MR) is 135 cm³/mol. The van der Waals surface area contributed by atoms with Crippen molar-refractivity contribution in [3.8, 4) is 11.5 Å². The molecule has 0 radical (unpaired) electrons. The molecule has 0 saturated heterocycles. The summed E-state index contributed by atoms with van der Waals surface area (Å²) in [5.74, 6) is 0.891. The number of methoxy groups -OCH3 is 1. The zero-order valence-corrected chi connectivity index (χ0v) is 19.8. The van der Waals surface area contributed by atoms with E-state index >= 15 is 0 Å². The van der Waals surface area contributed by atoms with Crippen LogP contribution in [0, 0.1) is 5.92 Å². The molecule has 2 aliphatic rings. The normalized spacial score (nSPS) is 19.8. The summed E-state index contributed by atoms with van der Waals surface area (Å²) in [5, 5.41) is 6.74. The molecule has 1 amide bonds. The van der Waals surface area contributed by atoms with Crippen molar-refractivity contribution in [1.82, 2.24) is 5.32 Å². The lowest BCUT2D eigenvalue weighted by molar-refractivity contribution is -0.132. The number of para-hydroxylation sites is 1. The number of hydrogen-bond donors (Lipinski definition) is 2. The average Bonchev–Trinajstić information content (AvgIpc) is 3.37. The lowest BCUT2D eigenvalue weighted by Crippen LogP contribution is -2.32. The fraction of sp³-hybridized carbons (Fsp3) is 0.241. The Morgan fingerprint density at radius 2 is 1.86 bits per heavy atom. The molecule has 0 fully saturated rings. The van der Waals surface area contributed by atoms with Gasteiger partial charge >= 0.3 is 5.97 Å². The smallest absolute Gasteiger partial charge is 0.308 e. The van der Waals surface area contributed by atoms with E-state index in [4.69, 9.17) is 9.47 Å². The molecule has 0 spiro atoms. The predicted octanol–water partition coefficient (Wildman–Crippen LogP) is 5.38. The van der Waals surface area contributed by atoms with Gasteiger partial charge in [-0.2, -0.15) is 0 Å². The number of ether oxygens (including phenoxy) is 2. The number of carbonyl (C=O) groups is 2. The Morgan fingerprint density at radius 1 is 1.03 bits per heavy atom. The molecule has 1 aliphatic carbocycles. The van der Waals surface area contributed by atoms with E-state index in [-0.39, 0.29) is 17.9 Å². The molecule has 1 heterocycles. The minimum atomic E-state index is -0.396. The number of fused-ring (bicyclic) bond motifs is 3. The van der Waals surface area contributed by atoms with Crippen LogP contribution < -0.4 is 20.1 Å². The fourth-order valence-corrected chi connectivity index (χ4v) is 5.13. The van der Waals surface area contributed by atoms with Crippen molar-refractivity contribution in [2.45, 2.75) is 31.8 Å². The van der Waals surface area contributed by atoms with Gasteiger partial charge in [-0.15, -0.1) is 0 Å². The van der Waals surface area contributed by atoms with E-state index in [9.17, 15) is 9.59 Å². The van der Waals surface area contributed by atoms with Gasteiger partial charge in [-0.1, -0.05) is 60.7 Å². The molecular weight excluding hydrogens is 440 g/mol. The van der Waals surface area contributed by atoms with Gasteiger partial charge in [0.25, 0.3) is 5.91 Å². The van der Waals surface area contributed by atoms with E-state index in [0.717, 1.165) is 28.8 Å². The van der Waals surface area contributed by atoms with Gasteiger partial charge in [0.15, 0.2) is 11.5 Å². The summed E-state index contributed by atoms with van der Waals surface area (Å²) >= 11 is 0. The minimum absolute atomic E-state index is 0.0362. The maximum Gasteiger partial charge on any atom is 0.308 e. The van der Waals surface area contributed by atoms with Crippen LogP contribution in [0.4, 0.5) is 5.69 Å². The van der Waals surface area contributed by atoms with Crippen molar-refractivity contribution in [2.24, 2.45) is 5.92 Å². The van der Waals surface area contributed by atoms with E-state index in [1.54, 1.807) is 13.2 Å². The number of esters is 1. The molecule has 3 aromatic carbocycles. The Hall–Kier alpha value is -4.06. The topological polar surface area (TPSA) is 76.7 Å². The summed E-state index contributed by atoms with van der Waals surface area (Å²) in [6, 6.07) is 21.4. The van der Waals surface area contributed by atoms with Crippen molar-refractivity contribution in [2.75, 3.05) is 12.4 Å². The van der Waals surface area contributed by atoms with Gasteiger partial charge in [0.05, 0.1) is 24.4 Å². The van der Waals surface area contributed by atoms with Gasteiger partial charge in [0, 0.05) is 19.4 Å². The second kappa shape index (κ2) is 9.66. The van der Waals surface area contributed by atoms with Crippen molar-refractivity contribution in [1.29, 1.82) is 0 Å². The van der Waals surface area contributed by atoms with Crippen LogP contribution in [0.3, 0.4) is 0 Å². The summed E-state index contributed by atoms with van der Waals surface area (Å²) < 4.78 is 10.8. The molecule has 3 atom stereocenters. The van der Waals surface area contributed by atoms with Crippen molar-refractivity contribution in [3.05, 3.63) is 101 Å². The van der Waals surface area contributed by atoms with Gasteiger partial charge in [-0.05, 0) is 47.2 Å². The van der Waals surface area contributed by atoms with E-state index in [2.05, 4.69) is 28.9 Å². The van der Waals surface area contributed by atoms with Crippen LogP contribution in [-0.2, 0) is 11.3 Å². The van der Waals surface area contributed by atoms with Crippen molar-refractivity contribution < 1.29 is 19.1 Å². The second-order valence-corrected chi connectivity index (χ2v) is 8.92. The number of benzene rings is 3. The van der Waals surface area contributed by atoms with Gasteiger partial charge in [0.1, 0.15) is 0 Å². The van der Waals surface area contributed by atoms with Crippen LogP contribution >= 0.6 is 0 Å². The average molecular weight is 469 g/mol. The standard InChI is InChI=1S/C29H28N2O4/c1-18(32)35-25-15-14-20(16-26(25)34-2)27-22-11-6-10-21(22)23-12-7-13-24(28(23)31-27)29(33)30-17-19-8-4-3-5-9-19/h3-10,12-16,21-22,27,31H,11,17H2,1-2H3,(H,30,33). The van der Waals surface area contributed by atoms with Crippen LogP contribution in [0.15, 0.2) is 78.9 Å². The first-order valence-corrected chi connectivity index (χ1v) is 11.8. The first-order chi connectivity index (χ1) is 17.0. The lowest BCUT2D eigenvalue weighted by Gasteiger charge is -2.38. The summed E-state index contributed by atoms with van der Waals surface area (Å²) in [7, 11) is 1.56. The maximum atomic E-state index is 13.2. The number of amides is 1. The third-order valence-electron chi connectivity index (χ3n) is 6.74. The van der Waals surface area contributed by atoms with E-state index in [0.29, 0.717) is 29.5 Å². The highest BCUT2D eigenvalue weighted by Gasteiger charge is 2.39. The summed E-state index contributed by atoms with van der Waals surface area (Å²) in [6.07, 6.45) is 5.39. The summed E-state index contributed by atoms with van der Waals surface area (Å²) in [6.45, 7) is 1.83. The van der Waals surface area contributed by atoms with Crippen LogP contribution in [0.2, 0.25) is 0 Å². The number of nitrogens with one attached hydrogen (secondary N) is 2. The summed E-state index contributed by atoms with van der Waals surface area (Å²) in [5.41, 5.74) is 4.69. The first-order valence-electron chi connectivity index (χ1n) is 11.8. The minimum Gasteiger partial charge on any atom is -0.493 e. The molecular formula is C29H28N2O4. The van der Waals surface area contributed by atoms with Crippen molar-refractivity contribution in [3.63, 3.8) is 0 Å². The molecule has 3 aromatic rings. The molecule has 6 nitrogen and oxygen atoms in total. The van der Waals surface area contributed by atoms with Crippen molar-refractivity contribution >= 4 is 17.6 Å². The molecule has 0 bridgehead atoms. The quantitative estimate of drug-likeness (QED) is 0.289. The molecule has 6 heteroatoms. The SMILES string of the molecule is COc1cc(C2Nc3c(C(=O)NCc4ccccc4)cccc3C3C=CCC32)ccc1OC(C)=O. The highest BCUT2D eigenvalue weighted by molar-refractivity contribution is 6.00. The Bertz CT molecular complexity index is 1290. The van der Waals surface area contributed by atoms with Crippen LogP contribution in [0.5, 0.6) is 11.5 Å². The van der Waals surface area contributed by atoms with E-state index in [1.165, 1.54) is 6.92 Å². The molecule has 2 N–H and O–H groups in total. The van der Waals surface area contributed by atoms with Crippen LogP contribution in [0.1, 0.15) is 52.4 Å². The van der Waals surface area contributed by atoms with Gasteiger partial charge in [-0.25, -0.2) is 0 Å². The highest BCUT2D eigenvalue weighted by Crippen LogP contribution is 2.51. The Labute approximate surface area is 205 Å². The number of rotatable bonds is 6. The summed E-state index contributed by atoms with van der Waals surface area (Å²) in [4.78, 5) is 24.7. The van der Waals surface area contributed by atoms with Gasteiger partial charge in [0.2, 0.25) is 0 Å². The number of carbonyl (C=O) groups excluding carboxylic acids is 2. The van der Waals surface area contributed by atoms with E-state index < -0.39 is 5.97 Å². The number of anilines is 1. The molecule has 5 rings (SSSR count). The molecule has 35 heavy (non-hydrogen) atoms. The van der Waals surface area contributed by atoms with Gasteiger partial charge < -0.3 is 20.1 Å². The third-order valence-corrected chi connectivity index (χ3v) is 6.74. The molecule has 3 unspecified atom stereocenters. The molecule has 0 saturated carbocycles. The Balaban J connectivity index is 1.46. The maximum absolute atomic E-state index is 13.2. The lowest BCUT2D eigenvalue weighted by atomic mass is 9.76. The highest BCUT2D eigenvalue weighted by atomic mass is 16.6. The zero-order valence-electron chi connectivity index (χ0n) is 19.8. The molecule has 178 valence electrons. The largest absolute Gasteiger partial charge is 0.493 e. The molecule has 1 aliphatic heterocycles. The second-order valence-electron chi connectivity index (χ2n) is 8.92. The number of allylic oxidation sites excluding steroid dienone is 2. The van der Waals surface area contributed by atoms with Crippen LogP contribution in [-0.4, -0.2) is 19.0 Å². The fourth-order valence-electron chi connectivity index (χ4n) is 5.13. The third kappa shape index (κ3) is 4.52. The zero-order chi connectivity index (χ0) is 24.4. The number of hydrogen-bond acceptors (Lipinski definition) is 5. The van der Waals surface area contributed by atoms with Crippen LogP contribution in [0.25, 0.3) is 0 Å². The molecule has 0 aromatic heterocycles. The van der Waals surface area contributed by atoms with Gasteiger partial charge in [-0.3, -0.25) is 9.59 Å².